The zero-order chi connectivity index (χ0) is 11.4. The van der Waals surface area contributed by atoms with Crippen molar-refractivity contribution in [3.8, 4) is 0 Å². The van der Waals surface area contributed by atoms with Gasteiger partial charge in [0.2, 0.25) is 0 Å². The van der Waals surface area contributed by atoms with Gasteiger partial charge in [-0.2, -0.15) is 0 Å². The van der Waals surface area contributed by atoms with Crippen LogP contribution in [0.25, 0.3) is 0 Å². The monoisotopic (exact) mass is 240 g/mol. The molecule has 0 radical (unpaired) electrons. The van der Waals surface area contributed by atoms with Gasteiger partial charge >= 0.3 is 0 Å². The maximum Gasteiger partial charge on any atom is 0.279 e. The van der Waals surface area contributed by atoms with Crippen LogP contribution in [0.4, 0.5) is 0 Å². The van der Waals surface area contributed by atoms with E-state index in [1.807, 2.05) is 0 Å². The first-order valence-electron chi connectivity index (χ1n) is 5.02. The van der Waals surface area contributed by atoms with E-state index in [-0.39, 0.29) is 11.8 Å². The van der Waals surface area contributed by atoms with E-state index in [1.165, 1.54) is 11.3 Å². The Hall–Kier alpha value is -1.40. The van der Waals surface area contributed by atoms with Crippen LogP contribution >= 0.6 is 11.3 Å². The predicted molar refractivity (Wildman–Crippen MR) is 58.9 cm³/mol. The first-order valence-corrected chi connectivity index (χ1v) is 5.90. The minimum Gasteiger partial charge on any atom is -0.368 e. The van der Waals surface area contributed by atoms with Crippen LogP contribution in [0.3, 0.4) is 0 Å². The molecular formula is C10H12N2O3S. The van der Waals surface area contributed by atoms with Gasteiger partial charge in [0, 0.05) is 6.61 Å². The molecule has 16 heavy (non-hydrogen) atoms. The number of hydrogen-bond donors (Lipinski definition) is 2. The minimum absolute atomic E-state index is 0.289. The first-order chi connectivity index (χ1) is 7.77. The lowest BCUT2D eigenvalue weighted by atomic mass is 10.2. The molecule has 2 rings (SSSR count). The standard InChI is InChI=1S/C10H12N2O3S/c13-9(7-3-1-5-15-7)11-12-10(14)8-4-2-6-16-8/h2,4,6-7H,1,3,5H2,(H,11,13)(H,12,14). The number of rotatable bonds is 2. The zero-order valence-corrected chi connectivity index (χ0v) is 9.38. The van der Waals surface area contributed by atoms with Gasteiger partial charge in [-0.1, -0.05) is 6.07 Å². The van der Waals surface area contributed by atoms with Crippen LogP contribution in [-0.4, -0.2) is 24.5 Å². The maximum absolute atomic E-state index is 11.5. The second kappa shape index (κ2) is 5.09. The van der Waals surface area contributed by atoms with Gasteiger partial charge in [0.1, 0.15) is 6.10 Å². The van der Waals surface area contributed by atoms with E-state index in [4.69, 9.17) is 4.74 Å². The van der Waals surface area contributed by atoms with Crippen molar-refractivity contribution in [2.24, 2.45) is 0 Å². The lowest BCUT2D eigenvalue weighted by Gasteiger charge is -2.10. The third-order valence-electron chi connectivity index (χ3n) is 2.27. The Bertz CT molecular complexity index is 371. The highest BCUT2D eigenvalue weighted by atomic mass is 32.1. The van der Waals surface area contributed by atoms with E-state index in [9.17, 15) is 9.59 Å². The highest BCUT2D eigenvalue weighted by molar-refractivity contribution is 7.12. The summed E-state index contributed by atoms with van der Waals surface area (Å²) in [6.07, 6.45) is 1.17. The van der Waals surface area contributed by atoms with E-state index in [1.54, 1.807) is 17.5 Å². The van der Waals surface area contributed by atoms with Gasteiger partial charge < -0.3 is 4.74 Å². The molecule has 1 saturated heterocycles. The van der Waals surface area contributed by atoms with Crippen molar-refractivity contribution >= 4 is 23.2 Å². The molecule has 86 valence electrons. The number of nitrogens with one attached hydrogen (secondary N) is 2. The summed E-state index contributed by atoms with van der Waals surface area (Å²) in [5.41, 5.74) is 4.71. The summed E-state index contributed by atoms with van der Waals surface area (Å²) in [7, 11) is 0. The average Bonchev–Trinajstić information content (AvgIpc) is 2.95. The van der Waals surface area contributed by atoms with E-state index in [2.05, 4.69) is 10.9 Å². The van der Waals surface area contributed by atoms with Gasteiger partial charge in [-0.05, 0) is 24.3 Å². The van der Waals surface area contributed by atoms with Gasteiger partial charge in [0.05, 0.1) is 4.88 Å². The van der Waals surface area contributed by atoms with E-state index < -0.39 is 6.10 Å². The molecule has 1 atom stereocenters. The largest absolute Gasteiger partial charge is 0.368 e. The molecule has 1 aromatic rings. The number of carbonyl (C=O) groups excluding carboxylic acids is 2. The summed E-state index contributed by atoms with van der Waals surface area (Å²) in [4.78, 5) is 23.5. The summed E-state index contributed by atoms with van der Waals surface area (Å²) >= 11 is 1.32. The van der Waals surface area contributed by atoms with Gasteiger partial charge in [-0.3, -0.25) is 20.4 Å². The van der Waals surface area contributed by atoms with Crippen molar-refractivity contribution in [1.82, 2.24) is 10.9 Å². The fourth-order valence-corrected chi connectivity index (χ4v) is 2.07. The molecule has 2 amide bonds. The molecule has 1 aromatic heterocycles. The fraction of sp³-hybridized carbons (Fsp3) is 0.400. The Morgan fingerprint density at radius 3 is 2.94 bits per heavy atom. The Morgan fingerprint density at radius 2 is 2.31 bits per heavy atom. The molecule has 0 bridgehead atoms. The molecule has 6 heteroatoms. The number of ether oxygens (including phenoxy) is 1. The van der Waals surface area contributed by atoms with Crippen LogP contribution in [0, 0.1) is 0 Å². The Balaban J connectivity index is 1.79. The van der Waals surface area contributed by atoms with Crippen molar-refractivity contribution in [1.29, 1.82) is 0 Å². The molecule has 5 nitrogen and oxygen atoms in total. The molecule has 0 aliphatic carbocycles. The molecule has 0 spiro atoms. The summed E-state index contributed by atoms with van der Waals surface area (Å²) < 4.78 is 5.18. The molecule has 2 N–H and O–H groups in total. The van der Waals surface area contributed by atoms with Gasteiger partial charge in [0.25, 0.3) is 11.8 Å². The molecule has 1 fully saturated rings. The molecule has 1 aliphatic rings. The Labute approximate surface area is 96.8 Å². The third kappa shape index (κ3) is 2.59. The van der Waals surface area contributed by atoms with Crippen LogP contribution in [0.5, 0.6) is 0 Å². The Morgan fingerprint density at radius 1 is 1.44 bits per heavy atom. The van der Waals surface area contributed by atoms with Crippen molar-refractivity contribution in [2.45, 2.75) is 18.9 Å². The normalized spacial score (nSPS) is 19.4. The van der Waals surface area contributed by atoms with Crippen LogP contribution in [0.1, 0.15) is 22.5 Å². The van der Waals surface area contributed by atoms with Crippen LogP contribution in [0.15, 0.2) is 17.5 Å². The summed E-state index contributed by atoms with van der Waals surface area (Å²) in [6.45, 7) is 0.608. The lowest BCUT2D eigenvalue weighted by molar-refractivity contribution is -0.130. The van der Waals surface area contributed by atoms with Crippen LogP contribution in [0.2, 0.25) is 0 Å². The molecule has 0 aromatic carbocycles. The van der Waals surface area contributed by atoms with Gasteiger partial charge in [-0.25, -0.2) is 0 Å². The average molecular weight is 240 g/mol. The van der Waals surface area contributed by atoms with Gasteiger partial charge in [-0.15, -0.1) is 11.3 Å². The fourth-order valence-electron chi connectivity index (χ4n) is 1.45. The quantitative estimate of drug-likeness (QED) is 0.747. The molecule has 2 heterocycles. The number of carbonyl (C=O) groups is 2. The SMILES string of the molecule is O=C(NNC(=O)C1CCCO1)c1cccs1. The topological polar surface area (TPSA) is 67.4 Å². The van der Waals surface area contributed by atoms with Gasteiger partial charge in [0.15, 0.2) is 0 Å². The zero-order valence-electron chi connectivity index (χ0n) is 8.56. The summed E-state index contributed by atoms with van der Waals surface area (Å²) in [6, 6.07) is 3.47. The van der Waals surface area contributed by atoms with Crippen molar-refractivity contribution in [3.05, 3.63) is 22.4 Å². The van der Waals surface area contributed by atoms with Crippen LogP contribution < -0.4 is 10.9 Å². The van der Waals surface area contributed by atoms with Crippen LogP contribution in [-0.2, 0) is 9.53 Å². The Kier molecular flexibility index (Phi) is 3.53. The maximum atomic E-state index is 11.5. The second-order valence-corrected chi connectivity index (χ2v) is 4.37. The molecule has 1 unspecified atom stereocenters. The third-order valence-corrected chi connectivity index (χ3v) is 3.13. The number of amides is 2. The van der Waals surface area contributed by atoms with E-state index in [0.29, 0.717) is 17.9 Å². The molecule has 1 aliphatic heterocycles. The summed E-state index contributed by atoms with van der Waals surface area (Å²) in [5, 5.41) is 1.80. The number of thiophene rings is 1. The molecule has 0 saturated carbocycles. The first kappa shape index (κ1) is 11.1. The molecular weight excluding hydrogens is 228 g/mol. The van der Waals surface area contributed by atoms with Crippen molar-refractivity contribution < 1.29 is 14.3 Å². The number of hydrogen-bond acceptors (Lipinski definition) is 4. The smallest absolute Gasteiger partial charge is 0.279 e. The second-order valence-electron chi connectivity index (χ2n) is 3.42. The lowest BCUT2D eigenvalue weighted by Crippen LogP contribution is -2.46. The highest BCUT2D eigenvalue weighted by Gasteiger charge is 2.23. The van der Waals surface area contributed by atoms with E-state index >= 15 is 0 Å². The van der Waals surface area contributed by atoms with E-state index in [0.717, 1.165) is 6.42 Å². The predicted octanol–water partition coefficient (Wildman–Crippen LogP) is 0.688. The van der Waals surface area contributed by atoms with Crippen molar-refractivity contribution in [2.75, 3.05) is 6.61 Å². The highest BCUT2D eigenvalue weighted by Crippen LogP contribution is 2.11. The minimum atomic E-state index is -0.427. The summed E-state index contributed by atoms with van der Waals surface area (Å²) in [5.74, 6) is -0.594. The number of hydrazine groups is 1. The van der Waals surface area contributed by atoms with Crippen molar-refractivity contribution in [3.63, 3.8) is 0 Å².